The fourth-order valence-electron chi connectivity index (χ4n) is 4.10. The molecule has 0 aliphatic heterocycles. The van der Waals surface area contributed by atoms with Gasteiger partial charge in [-0.3, -0.25) is 13.5 Å². The standard InChI is InChI=1S/C27H54N2O2.CH4O4S/c1-6-10-11-20-23-26(30)24-21-18-16-14-12-13-15-17-19-22-25(5)27(31)28-29(7-2,8-3)9-4;1-5-6(2,3)4/h18,21,25-26,30H,6-17,19-20,22-24H2,1-5H3;1H3,(H,2,3,4)/p+1/b21-18-;/t25?,26-;/m1./s1. The maximum absolute atomic E-state index is 12.5. The van der Waals surface area contributed by atoms with Crippen LogP contribution in [0.15, 0.2) is 12.2 Å². The zero-order valence-electron chi connectivity index (χ0n) is 24.7. The van der Waals surface area contributed by atoms with Gasteiger partial charge >= 0.3 is 10.4 Å². The van der Waals surface area contributed by atoms with E-state index >= 15 is 0 Å². The topological polar surface area (TPSA) is 113 Å². The highest BCUT2D eigenvalue weighted by Gasteiger charge is 2.26. The van der Waals surface area contributed by atoms with Gasteiger partial charge in [-0.05, 0) is 52.9 Å². The van der Waals surface area contributed by atoms with Crippen LogP contribution in [-0.2, 0) is 19.4 Å². The largest absolute Gasteiger partial charge is 0.397 e. The molecule has 9 heteroatoms. The molecule has 2 atom stereocenters. The summed E-state index contributed by atoms with van der Waals surface area (Å²) in [6.45, 7) is 13.6. The van der Waals surface area contributed by atoms with E-state index in [2.05, 4.69) is 56.4 Å². The number of unbranched alkanes of at least 4 members (excludes halogenated alkanes) is 9. The summed E-state index contributed by atoms with van der Waals surface area (Å²) in [6.07, 6.45) is 20.5. The van der Waals surface area contributed by atoms with Crippen LogP contribution in [0.4, 0.5) is 0 Å². The summed E-state index contributed by atoms with van der Waals surface area (Å²) in [5, 5.41) is 9.96. The third-order valence-corrected chi connectivity index (χ3v) is 7.47. The van der Waals surface area contributed by atoms with E-state index in [4.69, 9.17) is 4.55 Å². The Labute approximate surface area is 228 Å². The van der Waals surface area contributed by atoms with Crippen molar-refractivity contribution in [2.45, 2.75) is 131 Å². The van der Waals surface area contributed by atoms with Gasteiger partial charge in [0, 0.05) is 5.92 Å². The highest BCUT2D eigenvalue weighted by atomic mass is 32.3. The number of nitrogens with one attached hydrogen (secondary N) is 1. The van der Waals surface area contributed by atoms with E-state index in [-0.39, 0.29) is 17.9 Å². The van der Waals surface area contributed by atoms with Gasteiger partial charge in [0.25, 0.3) is 5.91 Å². The van der Waals surface area contributed by atoms with Crippen molar-refractivity contribution in [2.24, 2.45) is 5.92 Å². The molecule has 0 rings (SSSR count). The molecule has 0 saturated carbocycles. The molecule has 0 aromatic carbocycles. The minimum Gasteiger partial charge on any atom is -0.393 e. The van der Waals surface area contributed by atoms with Gasteiger partial charge in [-0.25, -0.2) is 10.0 Å². The average molecular weight is 552 g/mol. The fraction of sp³-hybridized carbons (Fsp3) is 0.893. The Morgan fingerprint density at radius 2 is 1.35 bits per heavy atom. The van der Waals surface area contributed by atoms with Gasteiger partial charge in [0.1, 0.15) is 0 Å². The predicted molar refractivity (Wildman–Crippen MR) is 153 cm³/mol. The van der Waals surface area contributed by atoms with Crippen LogP contribution >= 0.6 is 0 Å². The molecule has 0 heterocycles. The Balaban J connectivity index is 0. The quantitative estimate of drug-likeness (QED) is 0.0474. The first-order valence-electron chi connectivity index (χ1n) is 14.5. The second-order valence-electron chi connectivity index (χ2n) is 9.97. The minimum absolute atomic E-state index is 0.106. The lowest BCUT2D eigenvalue weighted by Crippen LogP contribution is -2.60. The number of aliphatic hydroxyl groups excluding tert-OH is 1. The Kier molecular flexibility index (Phi) is 24.8. The molecule has 8 nitrogen and oxygen atoms in total. The predicted octanol–water partition coefficient (Wildman–Crippen LogP) is 6.36. The molecule has 222 valence electrons. The molecule has 0 saturated heterocycles. The summed E-state index contributed by atoms with van der Waals surface area (Å²) in [5.41, 5.74) is 3.26. The summed E-state index contributed by atoms with van der Waals surface area (Å²) in [5.74, 6) is 0.317. The molecule has 37 heavy (non-hydrogen) atoms. The van der Waals surface area contributed by atoms with Crippen molar-refractivity contribution in [1.82, 2.24) is 5.43 Å². The normalized spacial score (nSPS) is 13.7. The number of aliphatic hydroxyl groups is 1. The molecule has 0 aliphatic rings. The number of amides is 1. The van der Waals surface area contributed by atoms with Crippen molar-refractivity contribution in [3.63, 3.8) is 0 Å². The Morgan fingerprint density at radius 1 is 0.865 bits per heavy atom. The first kappa shape index (κ1) is 38.1. The monoisotopic (exact) mass is 551 g/mol. The van der Waals surface area contributed by atoms with Gasteiger partial charge in [-0.15, -0.1) is 0 Å². The molecule has 3 N–H and O–H groups in total. The van der Waals surface area contributed by atoms with Crippen molar-refractivity contribution in [2.75, 3.05) is 26.7 Å². The molecule has 0 aromatic rings. The van der Waals surface area contributed by atoms with Crippen molar-refractivity contribution >= 4 is 16.3 Å². The molecule has 1 amide bonds. The minimum atomic E-state index is -4.16. The summed E-state index contributed by atoms with van der Waals surface area (Å²) in [7, 11) is -3.29. The Hall–Kier alpha value is -1.00. The molecular formula is C28H59N2O6S+. The third kappa shape index (κ3) is 23.8. The molecule has 0 fully saturated rings. The van der Waals surface area contributed by atoms with Crippen molar-refractivity contribution < 1.29 is 31.6 Å². The Morgan fingerprint density at radius 3 is 1.86 bits per heavy atom. The van der Waals surface area contributed by atoms with Crippen LogP contribution in [0.1, 0.15) is 125 Å². The van der Waals surface area contributed by atoms with E-state index in [9.17, 15) is 18.3 Å². The summed E-state index contributed by atoms with van der Waals surface area (Å²) in [6, 6.07) is 0. The number of carbonyl (C=O) groups is 1. The summed E-state index contributed by atoms with van der Waals surface area (Å²) in [4.78, 5) is 12.5. The first-order valence-corrected chi connectivity index (χ1v) is 15.9. The summed E-state index contributed by atoms with van der Waals surface area (Å²) >= 11 is 0. The van der Waals surface area contributed by atoms with Crippen LogP contribution in [-0.4, -0.2) is 61.4 Å². The maximum Gasteiger partial charge on any atom is 0.397 e. The van der Waals surface area contributed by atoms with Crippen molar-refractivity contribution in [3.05, 3.63) is 12.2 Å². The lowest BCUT2D eigenvalue weighted by molar-refractivity contribution is -0.956. The fourth-order valence-corrected chi connectivity index (χ4v) is 4.10. The smallest absolute Gasteiger partial charge is 0.393 e. The number of rotatable bonds is 22. The molecule has 0 bridgehead atoms. The average Bonchev–Trinajstić information content (AvgIpc) is 2.88. The molecule has 1 unspecified atom stereocenters. The first-order chi connectivity index (χ1) is 17.5. The SMILES string of the molecule is CCCCCC[C@@H](O)C/C=C\CCCCCCCCC(C)C(=O)N[N+](CC)(CC)CC.COS(=O)(=O)O. The third-order valence-electron chi connectivity index (χ3n) is 7.05. The van der Waals surface area contributed by atoms with E-state index in [1.54, 1.807) is 0 Å². The Bertz CT molecular complexity index is 657. The van der Waals surface area contributed by atoms with Gasteiger partial charge in [0.2, 0.25) is 0 Å². The molecule has 0 aromatic heterocycles. The molecule has 0 radical (unpaired) electrons. The second kappa shape index (κ2) is 24.1. The van der Waals surface area contributed by atoms with E-state index in [0.29, 0.717) is 4.59 Å². The summed E-state index contributed by atoms with van der Waals surface area (Å²) < 4.78 is 30.4. The maximum atomic E-state index is 12.5. The number of hydrogen-bond donors (Lipinski definition) is 3. The van der Waals surface area contributed by atoms with E-state index < -0.39 is 10.4 Å². The lowest BCUT2D eigenvalue weighted by atomic mass is 10.0. The zero-order chi connectivity index (χ0) is 28.6. The van der Waals surface area contributed by atoms with Crippen molar-refractivity contribution in [3.8, 4) is 0 Å². The zero-order valence-corrected chi connectivity index (χ0v) is 25.5. The number of hydrogen-bond acceptors (Lipinski definition) is 5. The van der Waals surface area contributed by atoms with E-state index in [1.807, 2.05) is 0 Å². The van der Waals surface area contributed by atoms with Gasteiger partial charge in [-0.2, -0.15) is 8.42 Å². The van der Waals surface area contributed by atoms with E-state index in [1.165, 1.54) is 51.4 Å². The number of carbonyl (C=O) groups excluding carboxylic acids is 1. The highest BCUT2D eigenvalue weighted by molar-refractivity contribution is 7.80. The lowest BCUT2D eigenvalue weighted by Gasteiger charge is -2.35. The molecule has 0 spiro atoms. The highest BCUT2D eigenvalue weighted by Crippen LogP contribution is 2.14. The number of nitrogens with zero attached hydrogens (tertiary/aromatic N) is 1. The van der Waals surface area contributed by atoms with Gasteiger partial charge < -0.3 is 5.11 Å². The van der Waals surface area contributed by atoms with Gasteiger partial charge in [-0.1, -0.05) is 83.8 Å². The van der Waals surface area contributed by atoms with Crippen LogP contribution in [0.2, 0.25) is 0 Å². The van der Waals surface area contributed by atoms with Crippen LogP contribution in [0.5, 0.6) is 0 Å². The number of allylic oxidation sites excluding steroid dienone is 1. The van der Waals surface area contributed by atoms with Crippen LogP contribution in [0, 0.1) is 5.92 Å². The molecule has 0 aliphatic carbocycles. The van der Waals surface area contributed by atoms with Gasteiger partial charge in [0.15, 0.2) is 0 Å². The van der Waals surface area contributed by atoms with Crippen LogP contribution < -0.4 is 5.43 Å². The van der Waals surface area contributed by atoms with Crippen LogP contribution in [0.25, 0.3) is 0 Å². The van der Waals surface area contributed by atoms with Crippen LogP contribution in [0.3, 0.4) is 0 Å². The number of quaternary nitrogens is 1. The van der Waals surface area contributed by atoms with Crippen molar-refractivity contribution in [1.29, 1.82) is 0 Å². The second-order valence-corrected chi connectivity index (χ2v) is 11.2. The molecular weight excluding hydrogens is 492 g/mol. The van der Waals surface area contributed by atoms with E-state index in [0.717, 1.165) is 65.3 Å². The van der Waals surface area contributed by atoms with Gasteiger partial charge in [0.05, 0.1) is 32.8 Å².